The molecule has 1 heterocycles. The van der Waals surface area contributed by atoms with E-state index in [1.54, 1.807) is 17.1 Å². The number of nitrogens with zero attached hydrogens (tertiary/aromatic N) is 2. The lowest BCUT2D eigenvalue weighted by Gasteiger charge is -2.34. The fourth-order valence-corrected chi connectivity index (χ4v) is 3.00. The third-order valence-electron chi connectivity index (χ3n) is 4.00. The Hall–Kier alpha value is -1.32. The normalized spacial score (nSPS) is 18.4. The van der Waals surface area contributed by atoms with E-state index in [9.17, 15) is 0 Å². The van der Waals surface area contributed by atoms with Gasteiger partial charge in [0.15, 0.2) is 0 Å². The molecule has 1 aliphatic carbocycles. The Morgan fingerprint density at radius 3 is 2.37 bits per heavy atom. The van der Waals surface area contributed by atoms with Crippen LogP contribution < -0.4 is 5.73 Å². The highest BCUT2D eigenvalue weighted by Gasteiger charge is 2.29. The van der Waals surface area contributed by atoms with Crippen molar-refractivity contribution in [2.75, 3.05) is 0 Å². The summed E-state index contributed by atoms with van der Waals surface area (Å²) in [6, 6.07) is 8.36. The molecule has 0 saturated heterocycles. The third-order valence-corrected chi connectivity index (χ3v) is 4.20. The van der Waals surface area contributed by atoms with Gasteiger partial charge in [0.1, 0.15) is 0 Å². The smallest absolute Gasteiger partial charge is 0.0790 e. The van der Waals surface area contributed by atoms with E-state index in [-0.39, 0.29) is 5.54 Å². The predicted octanol–water partition coefficient (Wildman–Crippen LogP) is 3.64. The predicted molar refractivity (Wildman–Crippen MR) is 77.5 cm³/mol. The van der Waals surface area contributed by atoms with Crippen molar-refractivity contribution < 1.29 is 0 Å². The molecular weight excluding hydrogens is 258 g/mol. The lowest BCUT2D eigenvalue weighted by molar-refractivity contribution is 0.302. The van der Waals surface area contributed by atoms with E-state index in [0.29, 0.717) is 5.02 Å². The summed E-state index contributed by atoms with van der Waals surface area (Å²) in [6.07, 6.45) is 9.37. The summed E-state index contributed by atoms with van der Waals surface area (Å²) >= 11 is 5.88. The van der Waals surface area contributed by atoms with E-state index in [1.807, 2.05) is 0 Å². The molecule has 3 rings (SSSR count). The molecule has 100 valence electrons. The number of nitrogens with two attached hydrogens (primary N) is 1. The summed E-state index contributed by atoms with van der Waals surface area (Å²) in [7, 11) is 0. The molecule has 1 fully saturated rings. The minimum atomic E-state index is -0.140. The topological polar surface area (TPSA) is 43.8 Å². The van der Waals surface area contributed by atoms with Gasteiger partial charge < -0.3 is 5.73 Å². The van der Waals surface area contributed by atoms with Crippen LogP contribution in [0.4, 0.5) is 0 Å². The van der Waals surface area contributed by atoms with Gasteiger partial charge >= 0.3 is 0 Å². The van der Waals surface area contributed by atoms with Crippen LogP contribution in [0.25, 0.3) is 5.69 Å². The second-order valence-electron chi connectivity index (χ2n) is 5.37. The Kier molecular flexibility index (Phi) is 3.33. The first-order valence-corrected chi connectivity index (χ1v) is 7.15. The molecule has 0 bridgehead atoms. The summed E-state index contributed by atoms with van der Waals surface area (Å²) in [5.74, 6) is 0. The second-order valence-corrected chi connectivity index (χ2v) is 5.80. The van der Waals surface area contributed by atoms with E-state index in [0.717, 1.165) is 18.5 Å². The number of hydrogen-bond donors (Lipinski definition) is 1. The largest absolute Gasteiger partial charge is 0.321 e. The molecule has 0 atom stereocenters. The van der Waals surface area contributed by atoms with E-state index in [2.05, 4.69) is 29.4 Å². The maximum absolute atomic E-state index is 6.53. The van der Waals surface area contributed by atoms with Crippen molar-refractivity contribution >= 4 is 11.6 Å². The Balaban J connectivity index is 1.86. The number of hydrogen-bond acceptors (Lipinski definition) is 2. The first kappa shape index (κ1) is 12.7. The summed E-state index contributed by atoms with van der Waals surface area (Å²) in [4.78, 5) is 0. The van der Waals surface area contributed by atoms with Crippen molar-refractivity contribution in [2.24, 2.45) is 5.73 Å². The molecule has 19 heavy (non-hydrogen) atoms. The van der Waals surface area contributed by atoms with Crippen molar-refractivity contribution in [1.29, 1.82) is 0 Å². The van der Waals surface area contributed by atoms with Crippen LogP contribution >= 0.6 is 11.6 Å². The van der Waals surface area contributed by atoms with Crippen LogP contribution in [-0.2, 0) is 5.54 Å². The molecule has 2 N–H and O–H groups in total. The lowest BCUT2D eigenvalue weighted by atomic mass is 9.77. The van der Waals surface area contributed by atoms with Gasteiger partial charge in [-0.1, -0.05) is 43.0 Å². The van der Waals surface area contributed by atoms with Crippen molar-refractivity contribution in [3.8, 4) is 5.69 Å². The van der Waals surface area contributed by atoms with Crippen LogP contribution in [-0.4, -0.2) is 9.78 Å². The standard InChI is InChI=1S/C15H18ClN3/c16-13-10-18-19(11-13)14-6-4-12(5-7-14)15(17)8-2-1-3-9-15/h4-7,10-11H,1-3,8-9,17H2. The van der Waals surface area contributed by atoms with Crippen molar-refractivity contribution in [3.63, 3.8) is 0 Å². The summed E-state index contributed by atoms with van der Waals surface area (Å²) in [5.41, 5.74) is 8.63. The van der Waals surface area contributed by atoms with Gasteiger partial charge in [-0.25, -0.2) is 4.68 Å². The molecule has 1 saturated carbocycles. The van der Waals surface area contributed by atoms with Crippen LogP contribution in [0.2, 0.25) is 5.02 Å². The summed E-state index contributed by atoms with van der Waals surface area (Å²) < 4.78 is 1.77. The van der Waals surface area contributed by atoms with E-state index in [1.165, 1.54) is 24.8 Å². The van der Waals surface area contributed by atoms with Gasteiger partial charge in [0.05, 0.1) is 16.9 Å². The fraction of sp³-hybridized carbons (Fsp3) is 0.400. The van der Waals surface area contributed by atoms with Gasteiger partial charge in [0, 0.05) is 11.7 Å². The lowest BCUT2D eigenvalue weighted by Crippen LogP contribution is -2.38. The minimum absolute atomic E-state index is 0.140. The number of aromatic nitrogens is 2. The van der Waals surface area contributed by atoms with Gasteiger partial charge in [-0.05, 0) is 30.5 Å². The monoisotopic (exact) mass is 275 g/mol. The third kappa shape index (κ3) is 2.53. The van der Waals surface area contributed by atoms with Crippen LogP contribution in [0.3, 0.4) is 0 Å². The molecule has 0 radical (unpaired) electrons. The van der Waals surface area contributed by atoms with Crippen LogP contribution in [0, 0.1) is 0 Å². The Bertz CT molecular complexity index is 553. The highest BCUT2D eigenvalue weighted by atomic mass is 35.5. The van der Waals surface area contributed by atoms with Gasteiger partial charge in [0.25, 0.3) is 0 Å². The van der Waals surface area contributed by atoms with Gasteiger partial charge in [0.2, 0.25) is 0 Å². The van der Waals surface area contributed by atoms with E-state index >= 15 is 0 Å². The molecule has 4 heteroatoms. The Morgan fingerprint density at radius 2 is 1.79 bits per heavy atom. The van der Waals surface area contributed by atoms with E-state index in [4.69, 9.17) is 17.3 Å². The average molecular weight is 276 g/mol. The quantitative estimate of drug-likeness (QED) is 0.909. The Morgan fingerprint density at radius 1 is 1.11 bits per heavy atom. The van der Waals surface area contributed by atoms with E-state index < -0.39 is 0 Å². The zero-order valence-electron chi connectivity index (χ0n) is 10.8. The fourth-order valence-electron chi connectivity index (χ4n) is 2.86. The molecule has 0 aliphatic heterocycles. The Labute approximate surface area is 118 Å². The van der Waals surface area contributed by atoms with Crippen LogP contribution in [0.5, 0.6) is 0 Å². The summed E-state index contributed by atoms with van der Waals surface area (Å²) in [6.45, 7) is 0. The first-order valence-electron chi connectivity index (χ1n) is 6.77. The molecule has 1 aromatic heterocycles. The molecular formula is C15H18ClN3. The van der Waals surface area contributed by atoms with Gasteiger partial charge in [-0.15, -0.1) is 0 Å². The number of rotatable bonds is 2. The molecule has 0 spiro atoms. The van der Waals surface area contributed by atoms with Crippen LogP contribution in [0.1, 0.15) is 37.7 Å². The molecule has 2 aromatic rings. The average Bonchev–Trinajstić information content (AvgIpc) is 2.87. The molecule has 3 nitrogen and oxygen atoms in total. The molecule has 0 unspecified atom stereocenters. The van der Waals surface area contributed by atoms with Gasteiger partial charge in [-0.3, -0.25) is 0 Å². The van der Waals surface area contributed by atoms with Crippen LogP contribution in [0.15, 0.2) is 36.7 Å². The molecule has 1 aromatic carbocycles. The van der Waals surface area contributed by atoms with Crippen molar-refractivity contribution in [2.45, 2.75) is 37.6 Å². The van der Waals surface area contributed by atoms with Gasteiger partial charge in [-0.2, -0.15) is 5.10 Å². The summed E-state index contributed by atoms with van der Waals surface area (Å²) in [5, 5.41) is 4.84. The molecule has 1 aliphatic rings. The zero-order chi connectivity index (χ0) is 13.3. The second kappa shape index (κ2) is 4.99. The SMILES string of the molecule is NC1(c2ccc(-n3cc(Cl)cn3)cc2)CCCCC1. The first-order chi connectivity index (χ1) is 9.17. The maximum Gasteiger partial charge on any atom is 0.0790 e. The van der Waals surface area contributed by atoms with Crippen molar-refractivity contribution in [3.05, 3.63) is 47.2 Å². The number of halogens is 1. The molecule has 0 amide bonds. The highest BCUT2D eigenvalue weighted by Crippen LogP contribution is 2.34. The van der Waals surface area contributed by atoms with Crippen molar-refractivity contribution in [1.82, 2.24) is 9.78 Å². The zero-order valence-corrected chi connectivity index (χ0v) is 11.6. The highest BCUT2D eigenvalue weighted by molar-refractivity contribution is 6.30. The number of benzene rings is 1. The maximum atomic E-state index is 6.53. The minimum Gasteiger partial charge on any atom is -0.321 e.